The van der Waals surface area contributed by atoms with Crippen LogP contribution in [0.25, 0.3) is 11.3 Å². The van der Waals surface area contributed by atoms with Gasteiger partial charge in [0.15, 0.2) is 0 Å². The fourth-order valence-electron chi connectivity index (χ4n) is 3.15. The van der Waals surface area contributed by atoms with Crippen molar-refractivity contribution in [3.05, 3.63) is 58.4 Å². The Balaban J connectivity index is 2.62. The summed E-state index contributed by atoms with van der Waals surface area (Å²) in [5, 5.41) is 0. The summed E-state index contributed by atoms with van der Waals surface area (Å²) in [6, 6.07) is 3.64. The molecular weight excluding hydrogens is 287 g/mol. The van der Waals surface area contributed by atoms with E-state index in [0.29, 0.717) is 18.1 Å². The zero-order chi connectivity index (χ0) is 17.0. The molecule has 0 saturated carbocycles. The molecule has 2 rings (SSSR count). The third-order valence-electron chi connectivity index (χ3n) is 4.24. The number of benzene rings is 1. The second-order valence-corrected chi connectivity index (χ2v) is 6.06. The molecule has 0 N–H and O–H groups in total. The predicted octanol–water partition coefficient (Wildman–Crippen LogP) is 6.29. The number of hydrogen-bond acceptors (Lipinski definition) is 1. The molecule has 0 radical (unpaired) electrons. The minimum atomic E-state index is -0.172. The molecule has 0 saturated heterocycles. The average molecular weight is 314 g/mol. The van der Waals surface area contributed by atoms with E-state index in [1.54, 1.807) is 6.07 Å². The average Bonchev–Trinajstić information content (AvgIpc) is 2.86. The molecule has 0 fully saturated rings. The summed E-state index contributed by atoms with van der Waals surface area (Å²) in [5.41, 5.74) is 4.76. The summed E-state index contributed by atoms with van der Waals surface area (Å²) >= 11 is 0. The maximum atomic E-state index is 14.8. The third kappa shape index (κ3) is 3.74. The maximum absolute atomic E-state index is 14.8. The maximum Gasteiger partial charge on any atom is 0.132 e. The summed E-state index contributed by atoms with van der Waals surface area (Å²) in [5.74, 6) is 0.975. The first-order chi connectivity index (χ1) is 11.0. The normalized spacial score (nSPS) is 18.0. The van der Waals surface area contributed by atoms with E-state index in [1.807, 2.05) is 26.0 Å². The minimum absolute atomic E-state index is 0.172. The number of aryl methyl sites for hydroxylation is 1. The lowest BCUT2D eigenvalue weighted by Gasteiger charge is -2.16. The van der Waals surface area contributed by atoms with Gasteiger partial charge in [0, 0.05) is 11.1 Å². The highest BCUT2D eigenvalue weighted by Gasteiger charge is 2.22. The van der Waals surface area contributed by atoms with E-state index in [-0.39, 0.29) is 5.82 Å². The van der Waals surface area contributed by atoms with Crippen LogP contribution in [0, 0.1) is 18.7 Å². The molecule has 1 aromatic rings. The van der Waals surface area contributed by atoms with E-state index in [1.165, 1.54) is 5.57 Å². The van der Waals surface area contributed by atoms with Crippen molar-refractivity contribution < 1.29 is 9.13 Å². The standard InChI is InChI=1S/C21H27FO/c1-6-9-20(23-8-3)18-10-14(4)11-19(22)21(18)17-12-15(5)16(7-2)13-17/h9-13,15H,6-8H2,1-5H3/b20-9+. The van der Waals surface area contributed by atoms with Gasteiger partial charge < -0.3 is 4.74 Å². The summed E-state index contributed by atoms with van der Waals surface area (Å²) in [6.07, 6.45) is 8.18. The molecule has 1 nitrogen and oxygen atoms in total. The molecular formula is C21H27FO. The highest BCUT2D eigenvalue weighted by Crippen LogP contribution is 2.37. The van der Waals surface area contributed by atoms with Gasteiger partial charge in [0.05, 0.1) is 6.61 Å². The molecule has 0 heterocycles. The Labute approximate surface area is 139 Å². The van der Waals surface area contributed by atoms with Crippen LogP contribution in [0.15, 0.2) is 35.9 Å². The van der Waals surface area contributed by atoms with Crippen LogP contribution in [0.5, 0.6) is 0 Å². The Morgan fingerprint density at radius 2 is 2.00 bits per heavy atom. The smallest absolute Gasteiger partial charge is 0.132 e. The predicted molar refractivity (Wildman–Crippen MR) is 96.5 cm³/mol. The molecule has 1 aromatic carbocycles. The van der Waals surface area contributed by atoms with Crippen LogP contribution < -0.4 is 0 Å². The first-order valence-electron chi connectivity index (χ1n) is 8.57. The topological polar surface area (TPSA) is 9.23 Å². The highest BCUT2D eigenvalue weighted by atomic mass is 19.1. The van der Waals surface area contributed by atoms with E-state index in [4.69, 9.17) is 4.74 Å². The van der Waals surface area contributed by atoms with Gasteiger partial charge in [-0.2, -0.15) is 0 Å². The van der Waals surface area contributed by atoms with Gasteiger partial charge in [-0.25, -0.2) is 4.39 Å². The summed E-state index contributed by atoms with van der Waals surface area (Å²) < 4.78 is 20.6. The number of halogens is 1. The molecule has 0 bridgehead atoms. The van der Waals surface area contributed by atoms with Gasteiger partial charge in [0.2, 0.25) is 0 Å². The lowest BCUT2D eigenvalue weighted by Crippen LogP contribution is -2.01. The van der Waals surface area contributed by atoms with Crippen molar-refractivity contribution in [2.45, 2.75) is 47.5 Å². The Morgan fingerprint density at radius 3 is 2.57 bits per heavy atom. The second kappa shape index (κ2) is 7.63. The SMILES string of the molecule is CC/C=C(/OCC)c1cc(C)cc(F)c1C1=CC(C)C(CC)=C1. The van der Waals surface area contributed by atoms with Crippen LogP contribution in [0.1, 0.15) is 57.2 Å². The highest BCUT2D eigenvalue weighted by molar-refractivity contribution is 5.85. The van der Waals surface area contributed by atoms with Gasteiger partial charge in [-0.05, 0) is 62.0 Å². The second-order valence-electron chi connectivity index (χ2n) is 6.06. The van der Waals surface area contributed by atoms with E-state index < -0.39 is 0 Å². The first kappa shape index (κ1) is 17.5. The number of ether oxygens (including phenoxy) is 1. The number of allylic oxidation sites excluding steroid dienone is 5. The fourth-order valence-corrected chi connectivity index (χ4v) is 3.15. The van der Waals surface area contributed by atoms with Crippen LogP contribution in [0.2, 0.25) is 0 Å². The van der Waals surface area contributed by atoms with Crippen molar-refractivity contribution in [3.8, 4) is 0 Å². The lowest BCUT2D eigenvalue weighted by atomic mass is 9.95. The van der Waals surface area contributed by atoms with E-state index in [2.05, 4.69) is 32.9 Å². The first-order valence-corrected chi connectivity index (χ1v) is 8.57. The third-order valence-corrected chi connectivity index (χ3v) is 4.24. The summed E-state index contributed by atoms with van der Waals surface area (Å²) in [4.78, 5) is 0. The van der Waals surface area contributed by atoms with Crippen molar-refractivity contribution >= 4 is 11.3 Å². The molecule has 1 unspecified atom stereocenters. The lowest BCUT2D eigenvalue weighted by molar-refractivity contribution is 0.297. The van der Waals surface area contributed by atoms with Crippen molar-refractivity contribution in [3.63, 3.8) is 0 Å². The number of rotatable bonds is 6. The Morgan fingerprint density at radius 1 is 1.26 bits per heavy atom. The molecule has 2 heteroatoms. The molecule has 0 spiro atoms. The van der Waals surface area contributed by atoms with Crippen LogP contribution in [0.4, 0.5) is 4.39 Å². The van der Waals surface area contributed by atoms with E-state index >= 15 is 0 Å². The molecule has 1 aliphatic carbocycles. The van der Waals surface area contributed by atoms with Gasteiger partial charge in [-0.1, -0.05) is 38.5 Å². The van der Waals surface area contributed by atoms with Crippen molar-refractivity contribution in [1.29, 1.82) is 0 Å². The van der Waals surface area contributed by atoms with Gasteiger partial charge in [0.25, 0.3) is 0 Å². The largest absolute Gasteiger partial charge is 0.494 e. The van der Waals surface area contributed by atoms with Gasteiger partial charge in [0.1, 0.15) is 11.6 Å². The van der Waals surface area contributed by atoms with Crippen LogP contribution in [-0.2, 0) is 4.74 Å². The quantitative estimate of drug-likeness (QED) is 0.561. The van der Waals surface area contributed by atoms with Gasteiger partial charge in [-0.15, -0.1) is 0 Å². The molecule has 0 aliphatic heterocycles. The van der Waals surface area contributed by atoms with Gasteiger partial charge >= 0.3 is 0 Å². The molecule has 0 amide bonds. The molecule has 1 atom stereocenters. The Hall–Kier alpha value is -1.83. The zero-order valence-electron chi connectivity index (χ0n) is 14.9. The zero-order valence-corrected chi connectivity index (χ0v) is 14.9. The summed E-state index contributed by atoms with van der Waals surface area (Å²) in [6.45, 7) is 10.8. The van der Waals surface area contributed by atoms with E-state index in [0.717, 1.165) is 35.3 Å². The Kier molecular flexibility index (Phi) is 5.81. The summed E-state index contributed by atoms with van der Waals surface area (Å²) in [7, 11) is 0. The van der Waals surface area contributed by atoms with Crippen molar-refractivity contribution in [2.75, 3.05) is 6.61 Å². The number of hydrogen-bond donors (Lipinski definition) is 0. The van der Waals surface area contributed by atoms with E-state index in [9.17, 15) is 4.39 Å². The molecule has 0 aromatic heterocycles. The molecule has 124 valence electrons. The monoisotopic (exact) mass is 314 g/mol. The van der Waals surface area contributed by atoms with Crippen LogP contribution in [0.3, 0.4) is 0 Å². The van der Waals surface area contributed by atoms with Crippen LogP contribution >= 0.6 is 0 Å². The fraction of sp³-hybridized carbons (Fsp3) is 0.429. The van der Waals surface area contributed by atoms with Crippen molar-refractivity contribution in [1.82, 2.24) is 0 Å². The molecule has 23 heavy (non-hydrogen) atoms. The Bertz CT molecular complexity index is 665. The molecule has 1 aliphatic rings. The van der Waals surface area contributed by atoms with Crippen molar-refractivity contribution in [2.24, 2.45) is 5.92 Å². The minimum Gasteiger partial charge on any atom is -0.494 e. The van der Waals surface area contributed by atoms with Gasteiger partial charge in [-0.3, -0.25) is 0 Å². The van der Waals surface area contributed by atoms with Crippen LogP contribution in [-0.4, -0.2) is 6.61 Å².